The molecule has 9 aromatic rings. The topological polar surface area (TPSA) is 77.3 Å². The third-order valence-electron chi connectivity index (χ3n) is 8.87. The molecule has 0 saturated carbocycles. The molecule has 0 unspecified atom stereocenters. The second-order valence-corrected chi connectivity index (χ2v) is 12.0. The zero-order chi connectivity index (χ0) is 33.3. The van der Waals surface area contributed by atoms with Crippen molar-refractivity contribution in [1.82, 2.24) is 29.9 Å². The normalized spacial score (nSPS) is 11.2. The number of fused-ring (bicyclic) bond motifs is 3. The van der Waals surface area contributed by atoms with Crippen molar-refractivity contribution in [2.24, 2.45) is 0 Å². The van der Waals surface area contributed by atoms with Crippen molar-refractivity contribution in [3.63, 3.8) is 0 Å². The first-order chi connectivity index (χ1) is 24.8. The maximum Gasteiger partial charge on any atom is 0.164 e. The van der Waals surface area contributed by atoms with Gasteiger partial charge in [-0.05, 0) is 58.0 Å². The summed E-state index contributed by atoms with van der Waals surface area (Å²) in [5.74, 6) is 1.83. The van der Waals surface area contributed by atoms with E-state index in [2.05, 4.69) is 96.0 Å². The molecule has 4 heterocycles. The first-order valence-electron chi connectivity index (χ1n) is 16.4. The Bertz CT molecular complexity index is 2640. The van der Waals surface area contributed by atoms with Gasteiger partial charge in [0, 0.05) is 46.1 Å². The highest BCUT2D eigenvalue weighted by atomic mass is 15.0. The Balaban J connectivity index is 1.13. The van der Waals surface area contributed by atoms with Crippen molar-refractivity contribution >= 4 is 21.7 Å². The Labute approximate surface area is 288 Å². The molecule has 0 aliphatic rings. The third-order valence-corrected chi connectivity index (χ3v) is 8.87. The summed E-state index contributed by atoms with van der Waals surface area (Å²) in [7, 11) is 0. The maximum atomic E-state index is 5.08. The molecule has 4 aromatic heterocycles. The van der Waals surface area contributed by atoms with Crippen LogP contribution in [0.5, 0.6) is 0 Å². The zero-order valence-electron chi connectivity index (χ0n) is 26.8. The minimum absolute atomic E-state index is 0.600. The van der Waals surface area contributed by atoms with Crippen LogP contribution in [0.25, 0.3) is 89.5 Å². The lowest BCUT2D eigenvalue weighted by molar-refractivity contribution is 1.07. The summed E-state index contributed by atoms with van der Waals surface area (Å²) in [6.07, 6.45) is 5.50. The molecular formula is C44H28N6. The van der Waals surface area contributed by atoms with Crippen LogP contribution in [0.15, 0.2) is 170 Å². The fourth-order valence-corrected chi connectivity index (χ4v) is 6.37. The van der Waals surface area contributed by atoms with E-state index in [0.717, 1.165) is 72.0 Å². The zero-order valence-corrected chi connectivity index (χ0v) is 26.8. The van der Waals surface area contributed by atoms with Gasteiger partial charge in [-0.1, -0.05) is 121 Å². The van der Waals surface area contributed by atoms with E-state index in [4.69, 9.17) is 24.9 Å². The Morgan fingerprint density at radius 3 is 1.72 bits per heavy atom. The van der Waals surface area contributed by atoms with Crippen LogP contribution in [0.4, 0.5) is 0 Å². The van der Waals surface area contributed by atoms with Gasteiger partial charge in [0.05, 0.1) is 16.9 Å². The second kappa shape index (κ2) is 12.6. The molecule has 0 radical (unpaired) electrons. The average Bonchev–Trinajstić information content (AvgIpc) is 3.21. The van der Waals surface area contributed by atoms with Crippen LogP contribution < -0.4 is 0 Å². The predicted octanol–water partition coefficient (Wildman–Crippen LogP) is 10.4. The van der Waals surface area contributed by atoms with Gasteiger partial charge in [0.2, 0.25) is 0 Å². The summed E-state index contributed by atoms with van der Waals surface area (Å²) in [5.41, 5.74) is 9.54. The quantitative estimate of drug-likeness (QED) is 0.168. The number of nitrogens with zero attached hydrogens (tertiary/aromatic N) is 6. The molecule has 0 bridgehead atoms. The molecule has 0 saturated heterocycles. The highest BCUT2D eigenvalue weighted by molar-refractivity contribution is 6.10. The number of pyridine rings is 3. The van der Waals surface area contributed by atoms with E-state index in [-0.39, 0.29) is 0 Å². The summed E-state index contributed by atoms with van der Waals surface area (Å²) < 4.78 is 0. The second-order valence-electron chi connectivity index (χ2n) is 12.0. The molecule has 0 atom stereocenters. The van der Waals surface area contributed by atoms with E-state index in [1.807, 2.05) is 73.1 Å². The van der Waals surface area contributed by atoms with E-state index < -0.39 is 0 Å². The SMILES string of the molecule is c1ccc(-c2nc(-c3ccc(-c4cccnc4)cc3)nc(-c3cccc(-c4ccnc(-c5nc6ccccc6c6ccccc56)c4)c3)n2)cc1. The first-order valence-corrected chi connectivity index (χ1v) is 16.4. The first kappa shape index (κ1) is 29.2. The molecule has 6 nitrogen and oxygen atoms in total. The molecule has 0 aliphatic carbocycles. The average molecular weight is 641 g/mol. The molecule has 0 spiro atoms. The van der Waals surface area contributed by atoms with Crippen LogP contribution in [0.2, 0.25) is 0 Å². The highest BCUT2D eigenvalue weighted by Crippen LogP contribution is 2.34. The Hall–Kier alpha value is -6.92. The van der Waals surface area contributed by atoms with Crippen LogP contribution in [0.1, 0.15) is 0 Å². The van der Waals surface area contributed by atoms with Crippen molar-refractivity contribution in [3.8, 4) is 67.8 Å². The lowest BCUT2D eigenvalue weighted by Gasteiger charge is -2.12. The van der Waals surface area contributed by atoms with Crippen molar-refractivity contribution < 1.29 is 0 Å². The fourth-order valence-electron chi connectivity index (χ4n) is 6.37. The van der Waals surface area contributed by atoms with E-state index >= 15 is 0 Å². The molecule has 9 rings (SSSR count). The number of benzene rings is 5. The Morgan fingerprint density at radius 1 is 0.340 bits per heavy atom. The van der Waals surface area contributed by atoms with Gasteiger partial charge < -0.3 is 0 Å². The largest absolute Gasteiger partial charge is 0.264 e. The van der Waals surface area contributed by atoms with Gasteiger partial charge in [-0.2, -0.15) is 0 Å². The van der Waals surface area contributed by atoms with E-state index in [1.165, 1.54) is 0 Å². The Morgan fingerprint density at radius 2 is 0.940 bits per heavy atom. The summed E-state index contributed by atoms with van der Waals surface area (Å²) in [4.78, 5) is 29.0. The molecule has 234 valence electrons. The van der Waals surface area contributed by atoms with E-state index in [1.54, 1.807) is 6.20 Å². The van der Waals surface area contributed by atoms with Crippen LogP contribution >= 0.6 is 0 Å². The van der Waals surface area contributed by atoms with Crippen LogP contribution in [0, 0.1) is 0 Å². The maximum absolute atomic E-state index is 5.08. The van der Waals surface area contributed by atoms with Crippen LogP contribution in [-0.2, 0) is 0 Å². The number of aromatic nitrogens is 6. The summed E-state index contributed by atoms with van der Waals surface area (Å²) in [6, 6.07) is 51.4. The molecule has 6 heteroatoms. The van der Waals surface area contributed by atoms with Crippen molar-refractivity contribution in [2.45, 2.75) is 0 Å². The minimum Gasteiger partial charge on any atom is -0.264 e. The van der Waals surface area contributed by atoms with Gasteiger partial charge in [0.1, 0.15) is 0 Å². The lowest BCUT2D eigenvalue weighted by Crippen LogP contribution is -2.00. The van der Waals surface area contributed by atoms with Gasteiger partial charge in [-0.3, -0.25) is 9.97 Å². The number of para-hydroxylation sites is 1. The predicted molar refractivity (Wildman–Crippen MR) is 201 cm³/mol. The van der Waals surface area contributed by atoms with Crippen LogP contribution in [-0.4, -0.2) is 29.9 Å². The summed E-state index contributed by atoms with van der Waals surface area (Å²) in [6.45, 7) is 0. The molecular weight excluding hydrogens is 613 g/mol. The lowest BCUT2D eigenvalue weighted by atomic mass is 9.99. The van der Waals surface area contributed by atoms with Crippen LogP contribution in [0.3, 0.4) is 0 Å². The fraction of sp³-hybridized carbons (Fsp3) is 0. The molecule has 0 aliphatic heterocycles. The standard InChI is InChI=1S/C44H28N6/c1-2-10-30(11-3-1)42-48-43(31-21-19-29(20-22-31)35-14-9-24-45-28-35)50-44(49-42)34-13-8-12-32(26-34)33-23-25-46-40(27-33)41-38-17-5-4-15-36(38)37-16-6-7-18-39(37)47-41/h1-28H. The van der Waals surface area contributed by atoms with Crippen molar-refractivity contribution in [1.29, 1.82) is 0 Å². The van der Waals surface area contributed by atoms with Gasteiger partial charge in [-0.25, -0.2) is 19.9 Å². The molecule has 0 N–H and O–H groups in total. The number of hydrogen-bond donors (Lipinski definition) is 0. The van der Waals surface area contributed by atoms with Crippen molar-refractivity contribution in [3.05, 3.63) is 170 Å². The van der Waals surface area contributed by atoms with Gasteiger partial charge in [0.25, 0.3) is 0 Å². The smallest absolute Gasteiger partial charge is 0.164 e. The van der Waals surface area contributed by atoms with Gasteiger partial charge >= 0.3 is 0 Å². The summed E-state index contributed by atoms with van der Waals surface area (Å²) in [5, 5.41) is 3.37. The van der Waals surface area contributed by atoms with E-state index in [0.29, 0.717) is 17.5 Å². The number of rotatable bonds is 6. The minimum atomic E-state index is 0.600. The number of hydrogen-bond acceptors (Lipinski definition) is 6. The molecule has 0 fully saturated rings. The highest BCUT2D eigenvalue weighted by Gasteiger charge is 2.15. The van der Waals surface area contributed by atoms with E-state index in [9.17, 15) is 0 Å². The summed E-state index contributed by atoms with van der Waals surface area (Å²) >= 11 is 0. The molecule has 5 aromatic carbocycles. The van der Waals surface area contributed by atoms with Gasteiger partial charge in [0.15, 0.2) is 17.5 Å². The van der Waals surface area contributed by atoms with Crippen molar-refractivity contribution in [2.75, 3.05) is 0 Å². The Kier molecular flexibility index (Phi) is 7.37. The van der Waals surface area contributed by atoms with Gasteiger partial charge in [-0.15, -0.1) is 0 Å². The molecule has 50 heavy (non-hydrogen) atoms. The molecule has 0 amide bonds. The third kappa shape index (κ3) is 5.55. The monoisotopic (exact) mass is 640 g/mol.